The number of hydrogen-bond acceptors (Lipinski definition) is 3. The molecular weight excluding hydrogens is 372 g/mol. The molecule has 0 aromatic heterocycles. The van der Waals surface area contributed by atoms with Gasteiger partial charge in [0, 0.05) is 4.47 Å². The minimum Gasteiger partial charge on any atom is -0.478 e. The SMILES string of the molecule is CCCCC(OC(=O)c1cc(Br)c(Cl)cc1C(=O)O)C(C)C. The summed E-state index contributed by atoms with van der Waals surface area (Å²) in [5, 5.41) is 9.47. The van der Waals surface area contributed by atoms with Gasteiger partial charge in [-0.25, -0.2) is 9.59 Å². The summed E-state index contributed by atoms with van der Waals surface area (Å²) in [4.78, 5) is 23.7. The monoisotopic (exact) mass is 390 g/mol. The van der Waals surface area contributed by atoms with Gasteiger partial charge in [0.25, 0.3) is 0 Å². The zero-order valence-corrected chi connectivity index (χ0v) is 15.2. The number of esters is 1. The maximum Gasteiger partial charge on any atom is 0.339 e. The van der Waals surface area contributed by atoms with Crippen LogP contribution in [-0.2, 0) is 4.74 Å². The third-order valence-electron chi connectivity index (χ3n) is 3.35. The number of ether oxygens (including phenoxy) is 1. The smallest absolute Gasteiger partial charge is 0.339 e. The average molecular weight is 392 g/mol. The molecule has 22 heavy (non-hydrogen) atoms. The molecule has 6 heteroatoms. The van der Waals surface area contributed by atoms with Crippen LogP contribution in [0.1, 0.15) is 60.7 Å². The molecule has 4 nitrogen and oxygen atoms in total. The van der Waals surface area contributed by atoms with Gasteiger partial charge in [-0.2, -0.15) is 0 Å². The van der Waals surface area contributed by atoms with E-state index < -0.39 is 11.9 Å². The van der Waals surface area contributed by atoms with Crippen LogP contribution in [0.5, 0.6) is 0 Å². The Labute approximate surface area is 143 Å². The summed E-state index contributed by atoms with van der Waals surface area (Å²) in [6.07, 6.45) is 2.49. The number of aromatic carboxylic acids is 1. The molecule has 0 saturated carbocycles. The van der Waals surface area contributed by atoms with Gasteiger partial charge in [-0.05, 0) is 40.4 Å². The highest BCUT2D eigenvalue weighted by Crippen LogP contribution is 2.28. The highest BCUT2D eigenvalue weighted by Gasteiger charge is 2.24. The lowest BCUT2D eigenvalue weighted by molar-refractivity contribution is 0.0149. The van der Waals surface area contributed by atoms with Crippen molar-refractivity contribution >= 4 is 39.5 Å². The minimum atomic E-state index is -1.21. The molecule has 0 spiro atoms. The number of carbonyl (C=O) groups excluding carboxylic acids is 1. The number of benzene rings is 1. The fourth-order valence-corrected chi connectivity index (χ4v) is 2.53. The molecule has 1 N–H and O–H groups in total. The summed E-state index contributed by atoms with van der Waals surface area (Å²) >= 11 is 9.10. The van der Waals surface area contributed by atoms with Crippen molar-refractivity contribution in [3.63, 3.8) is 0 Å². The van der Waals surface area contributed by atoms with E-state index >= 15 is 0 Å². The minimum absolute atomic E-state index is 0.00548. The molecule has 0 heterocycles. The van der Waals surface area contributed by atoms with Crippen LogP contribution in [0.25, 0.3) is 0 Å². The summed E-state index contributed by atoms with van der Waals surface area (Å²) in [7, 11) is 0. The number of unbranched alkanes of at least 4 members (excludes halogenated alkanes) is 1. The molecule has 0 aliphatic heterocycles. The maximum atomic E-state index is 12.4. The summed E-state index contributed by atoms with van der Waals surface area (Å²) in [5.41, 5.74) is -0.151. The van der Waals surface area contributed by atoms with Crippen LogP contribution in [0.3, 0.4) is 0 Å². The zero-order chi connectivity index (χ0) is 16.9. The molecule has 1 rings (SSSR count). The summed E-state index contributed by atoms with van der Waals surface area (Å²) in [5.74, 6) is -1.68. The van der Waals surface area contributed by atoms with Gasteiger partial charge in [0.15, 0.2) is 0 Å². The van der Waals surface area contributed by atoms with E-state index in [4.69, 9.17) is 16.3 Å². The molecule has 0 aliphatic carbocycles. The topological polar surface area (TPSA) is 63.6 Å². The molecule has 0 fully saturated rings. The van der Waals surface area contributed by atoms with Crippen molar-refractivity contribution in [2.45, 2.75) is 46.1 Å². The second kappa shape index (κ2) is 8.53. The van der Waals surface area contributed by atoms with E-state index in [0.29, 0.717) is 4.47 Å². The molecule has 0 radical (unpaired) electrons. The zero-order valence-electron chi connectivity index (χ0n) is 12.9. The predicted octanol–water partition coefficient (Wildman–Crippen LogP) is 5.17. The Kier molecular flexibility index (Phi) is 7.36. The molecule has 0 saturated heterocycles. The second-order valence-electron chi connectivity index (χ2n) is 5.45. The first-order valence-corrected chi connectivity index (χ1v) is 8.38. The van der Waals surface area contributed by atoms with E-state index in [1.165, 1.54) is 12.1 Å². The average Bonchev–Trinajstić information content (AvgIpc) is 2.44. The third-order valence-corrected chi connectivity index (χ3v) is 4.55. The molecule has 0 amide bonds. The van der Waals surface area contributed by atoms with E-state index in [1.54, 1.807) is 0 Å². The lowest BCUT2D eigenvalue weighted by Gasteiger charge is -2.21. The predicted molar refractivity (Wildman–Crippen MR) is 89.7 cm³/mol. The van der Waals surface area contributed by atoms with E-state index in [2.05, 4.69) is 22.9 Å². The number of halogens is 2. The van der Waals surface area contributed by atoms with E-state index in [1.807, 2.05) is 13.8 Å². The van der Waals surface area contributed by atoms with Crippen LogP contribution in [0, 0.1) is 5.92 Å². The molecular formula is C16H20BrClO4. The summed E-state index contributed by atoms with van der Waals surface area (Å²) in [6, 6.07) is 2.65. The lowest BCUT2D eigenvalue weighted by Crippen LogP contribution is -2.25. The van der Waals surface area contributed by atoms with E-state index in [9.17, 15) is 14.7 Å². The van der Waals surface area contributed by atoms with E-state index in [0.717, 1.165) is 19.3 Å². The van der Waals surface area contributed by atoms with Gasteiger partial charge >= 0.3 is 11.9 Å². The van der Waals surface area contributed by atoms with Crippen molar-refractivity contribution in [3.8, 4) is 0 Å². The third kappa shape index (κ3) is 4.99. The van der Waals surface area contributed by atoms with Gasteiger partial charge in [-0.1, -0.05) is 45.2 Å². The fourth-order valence-electron chi connectivity index (χ4n) is 2.03. The molecule has 0 bridgehead atoms. The van der Waals surface area contributed by atoms with Gasteiger partial charge in [-0.3, -0.25) is 0 Å². The Hall–Kier alpha value is -1.07. The van der Waals surface area contributed by atoms with Crippen LogP contribution in [0.2, 0.25) is 5.02 Å². The van der Waals surface area contributed by atoms with Crippen LogP contribution in [-0.4, -0.2) is 23.1 Å². The molecule has 122 valence electrons. The van der Waals surface area contributed by atoms with Crippen molar-refractivity contribution in [2.24, 2.45) is 5.92 Å². The summed E-state index contributed by atoms with van der Waals surface area (Å²) < 4.78 is 5.98. The lowest BCUT2D eigenvalue weighted by atomic mass is 10.0. The highest BCUT2D eigenvalue weighted by atomic mass is 79.9. The van der Waals surface area contributed by atoms with Crippen molar-refractivity contribution < 1.29 is 19.4 Å². The Morgan fingerprint density at radius 1 is 1.32 bits per heavy atom. The van der Waals surface area contributed by atoms with Crippen molar-refractivity contribution in [2.75, 3.05) is 0 Å². The normalized spacial score (nSPS) is 12.3. The Morgan fingerprint density at radius 3 is 2.45 bits per heavy atom. The Bertz CT molecular complexity index is 557. The van der Waals surface area contributed by atoms with Crippen LogP contribution < -0.4 is 0 Å². The van der Waals surface area contributed by atoms with Crippen molar-refractivity contribution in [3.05, 3.63) is 32.8 Å². The molecule has 1 atom stereocenters. The van der Waals surface area contributed by atoms with Gasteiger partial charge in [0.05, 0.1) is 16.1 Å². The first kappa shape index (κ1) is 19.0. The highest BCUT2D eigenvalue weighted by molar-refractivity contribution is 9.10. The number of rotatable bonds is 7. The molecule has 1 unspecified atom stereocenters. The maximum absolute atomic E-state index is 12.4. The fraction of sp³-hybridized carbons (Fsp3) is 0.500. The molecule has 1 aromatic rings. The number of carbonyl (C=O) groups is 2. The quantitative estimate of drug-likeness (QED) is 0.651. The van der Waals surface area contributed by atoms with Crippen LogP contribution in [0.4, 0.5) is 0 Å². The van der Waals surface area contributed by atoms with Gasteiger partial charge in [0.1, 0.15) is 6.10 Å². The molecule has 1 aromatic carbocycles. The van der Waals surface area contributed by atoms with E-state index in [-0.39, 0.29) is 28.2 Å². The van der Waals surface area contributed by atoms with Crippen LogP contribution >= 0.6 is 27.5 Å². The largest absolute Gasteiger partial charge is 0.478 e. The Morgan fingerprint density at radius 2 is 1.95 bits per heavy atom. The first-order chi connectivity index (χ1) is 10.3. The standard InChI is InChI=1S/C16H20BrClO4/c1-4-5-6-14(9(2)3)22-16(21)11-7-12(17)13(18)8-10(11)15(19)20/h7-9,14H,4-6H2,1-3H3,(H,19,20). The van der Waals surface area contributed by atoms with Crippen LogP contribution in [0.15, 0.2) is 16.6 Å². The summed E-state index contributed by atoms with van der Waals surface area (Å²) in [6.45, 7) is 6.02. The number of hydrogen-bond donors (Lipinski definition) is 1. The Balaban J connectivity index is 3.06. The second-order valence-corrected chi connectivity index (χ2v) is 6.71. The molecule has 0 aliphatic rings. The number of carboxylic acids is 1. The first-order valence-electron chi connectivity index (χ1n) is 7.21. The van der Waals surface area contributed by atoms with Crippen molar-refractivity contribution in [1.29, 1.82) is 0 Å². The van der Waals surface area contributed by atoms with Gasteiger partial charge < -0.3 is 9.84 Å². The van der Waals surface area contributed by atoms with Crippen molar-refractivity contribution in [1.82, 2.24) is 0 Å². The number of carboxylic acid groups (broad SMARTS) is 1. The van der Waals surface area contributed by atoms with Gasteiger partial charge in [0.2, 0.25) is 0 Å². The van der Waals surface area contributed by atoms with Gasteiger partial charge in [-0.15, -0.1) is 0 Å².